The second kappa shape index (κ2) is 7.77. The van der Waals surface area contributed by atoms with Crippen LogP contribution in [-0.2, 0) is 33.5 Å². The van der Waals surface area contributed by atoms with Crippen molar-refractivity contribution in [2.45, 2.75) is 106 Å². The van der Waals surface area contributed by atoms with Gasteiger partial charge in [0.05, 0.1) is 5.52 Å². The lowest BCUT2D eigenvalue weighted by molar-refractivity contribution is -0.208. The van der Waals surface area contributed by atoms with Crippen LogP contribution < -0.4 is 0 Å². The average molecular weight is 709 g/mol. The van der Waals surface area contributed by atoms with Crippen molar-refractivity contribution in [2.24, 2.45) is 11.8 Å². The summed E-state index contributed by atoms with van der Waals surface area (Å²) in [6, 6.07) is 19.9. The van der Waals surface area contributed by atoms with Crippen LogP contribution in [0.3, 0.4) is 0 Å². The first-order valence-corrected chi connectivity index (χ1v) is 21.5. The third kappa shape index (κ3) is 2.18. The molecule has 2 heterocycles. The minimum absolute atomic E-state index is 0.0190. The molecule has 1 spiro atoms. The van der Waals surface area contributed by atoms with Gasteiger partial charge in [-0.2, -0.15) is 0 Å². The van der Waals surface area contributed by atoms with Crippen molar-refractivity contribution in [3.8, 4) is 11.4 Å². The molecular weight excluding hydrogens is 665 g/mol. The Morgan fingerprint density at radius 2 is 1.35 bits per heavy atom. The molecule has 2 nitrogen and oxygen atoms in total. The normalized spacial score (nSPS) is 38.8. The van der Waals surface area contributed by atoms with Crippen LogP contribution in [0.5, 0.6) is 0 Å². The van der Waals surface area contributed by atoms with Crippen LogP contribution in [0.15, 0.2) is 83.5 Å². The minimum Gasteiger partial charge on any atom is -0.313 e. The molecule has 9 atom stereocenters. The van der Waals surface area contributed by atoms with E-state index in [1.54, 1.807) is 55.8 Å². The van der Waals surface area contributed by atoms with Crippen LogP contribution in [0.4, 0.5) is 0 Å². The smallest absolute Gasteiger partial charge is 0.0537 e. The Hall–Kier alpha value is -4.82. The monoisotopic (exact) mass is 708 g/mol. The van der Waals surface area contributed by atoms with Crippen LogP contribution >= 0.6 is 0 Å². The van der Waals surface area contributed by atoms with Crippen molar-refractivity contribution in [2.75, 3.05) is 0 Å². The summed E-state index contributed by atoms with van der Waals surface area (Å²) >= 11 is 0. The third-order valence-electron chi connectivity index (χ3n) is 19.3. The van der Waals surface area contributed by atoms with Crippen LogP contribution in [0, 0.1) is 11.8 Å². The molecule has 0 radical (unpaired) electrons. The quantitative estimate of drug-likeness (QED) is 0.173. The molecule has 12 aliphatic carbocycles. The first-order chi connectivity index (χ1) is 26.7. The van der Waals surface area contributed by atoms with Gasteiger partial charge in [0.1, 0.15) is 0 Å². The van der Waals surface area contributed by atoms with Gasteiger partial charge in [0.2, 0.25) is 0 Å². The summed E-state index contributed by atoms with van der Waals surface area (Å²) < 4.78 is 5.40. The number of allylic oxidation sites excluding steroid dienone is 7. The van der Waals surface area contributed by atoms with Crippen LogP contribution in [0.2, 0.25) is 0 Å². The van der Waals surface area contributed by atoms with Gasteiger partial charge in [-0.25, -0.2) is 0 Å². The topological polar surface area (TPSA) is 9.86 Å². The highest BCUT2D eigenvalue weighted by Crippen LogP contribution is 3.01. The van der Waals surface area contributed by atoms with Crippen molar-refractivity contribution < 1.29 is 0 Å². The molecule has 0 saturated heterocycles. The van der Waals surface area contributed by atoms with Crippen molar-refractivity contribution >= 4 is 34.7 Å². The number of para-hydroxylation sites is 1. The first kappa shape index (κ1) is 28.6. The molecule has 2 fully saturated rings. The molecule has 2 aromatic heterocycles. The van der Waals surface area contributed by atoms with Gasteiger partial charge in [-0.05, 0) is 135 Å². The van der Waals surface area contributed by atoms with Gasteiger partial charge >= 0.3 is 0 Å². The summed E-state index contributed by atoms with van der Waals surface area (Å²) in [5.41, 5.74) is 31.1. The highest BCUT2D eigenvalue weighted by atomic mass is 15.0. The molecule has 17 rings (SSSR count). The highest BCUT2D eigenvalue weighted by Gasteiger charge is 2.99. The van der Waals surface area contributed by atoms with E-state index in [1.807, 2.05) is 11.1 Å². The van der Waals surface area contributed by atoms with Gasteiger partial charge in [0, 0.05) is 84.2 Å². The van der Waals surface area contributed by atoms with E-state index in [9.17, 15) is 0 Å². The van der Waals surface area contributed by atoms with Crippen molar-refractivity contribution in [1.82, 2.24) is 9.13 Å². The lowest BCUT2D eigenvalue weighted by atomic mass is 9.07. The maximum absolute atomic E-state index is 2.72. The molecule has 5 aromatic rings. The van der Waals surface area contributed by atoms with Crippen LogP contribution in [0.25, 0.3) is 46.1 Å². The number of hydrogen-bond acceptors (Lipinski definition) is 0. The molecule has 9 unspecified atom stereocenters. The molecular formula is C53H44N2. The molecule has 12 aliphatic rings. The van der Waals surface area contributed by atoms with Crippen molar-refractivity contribution in [3.63, 3.8) is 0 Å². The lowest BCUT2D eigenvalue weighted by Crippen LogP contribution is -2.95. The van der Waals surface area contributed by atoms with Crippen molar-refractivity contribution in [3.05, 3.63) is 151 Å². The molecule has 55 heavy (non-hydrogen) atoms. The predicted octanol–water partition coefficient (Wildman–Crippen LogP) is 11.8. The zero-order valence-corrected chi connectivity index (χ0v) is 32.6. The predicted molar refractivity (Wildman–Crippen MR) is 223 cm³/mol. The largest absolute Gasteiger partial charge is 0.313 e. The molecule has 0 amide bonds. The number of nitrogens with zero attached hydrogens (tertiary/aromatic N) is 2. The number of hydrogen-bond donors (Lipinski definition) is 0. The standard InChI is InChI=1S/C53H44N2/c1-25-13-11-17-31-29-15-7-9-19-37(29)54(47(25)31)27-21-33-39-34(22-27)50(4)43-40(39)42(49(33,50)3)44-46-45(43)52(6)36-24-28(23-35-41(36)53(46,52)51(35,44)5)55-38-20-10-8-16-30(38)32-18-12-14-26(2)48(32)55/h8-12,16-26,44,46H,7,13-15H2,1-6H3. The Morgan fingerprint density at radius 1 is 0.655 bits per heavy atom. The Kier molecular flexibility index (Phi) is 4.04. The maximum Gasteiger partial charge on any atom is 0.0537 e. The van der Waals surface area contributed by atoms with E-state index in [4.69, 9.17) is 0 Å². The van der Waals surface area contributed by atoms with Gasteiger partial charge in [0.25, 0.3) is 0 Å². The summed E-state index contributed by atoms with van der Waals surface area (Å²) in [7, 11) is 0. The third-order valence-corrected chi connectivity index (χ3v) is 19.3. The fourth-order valence-corrected chi connectivity index (χ4v) is 17.5. The van der Waals surface area contributed by atoms with E-state index in [0.29, 0.717) is 29.1 Å². The zero-order valence-electron chi connectivity index (χ0n) is 32.6. The SMILES string of the molecule is CC1CC=Cc2c3c(n(-c4cc5c6c(c4)C4(C)C7=C6C(=C6C8C7C7(C)c9cc(-n%10c%11c(c%12ccccc%12%10)C=CCC%11C)cc%10c9C87C6%10C)C54C)c21)C=CCC3. The van der Waals surface area contributed by atoms with E-state index in [0.717, 1.165) is 25.7 Å². The molecule has 2 saturated carbocycles. The Labute approximate surface area is 322 Å². The maximum atomic E-state index is 2.72. The number of rotatable bonds is 2. The van der Waals surface area contributed by atoms with Gasteiger partial charge in [-0.3, -0.25) is 0 Å². The van der Waals surface area contributed by atoms with E-state index in [-0.39, 0.29) is 21.7 Å². The summed E-state index contributed by atoms with van der Waals surface area (Å²) in [6.07, 6.45) is 19.1. The van der Waals surface area contributed by atoms with Gasteiger partial charge < -0.3 is 9.13 Å². The van der Waals surface area contributed by atoms with Crippen LogP contribution in [-0.4, -0.2) is 9.13 Å². The Balaban J connectivity index is 0.931. The fourth-order valence-electron chi connectivity index (χ4n) is 17.5. The van der Waals surface area contributed by atoms with Gasteiger partial charge in [-0.15, -0.1) is 0 Å². The van der Waals surface area contributed by atoms with Crippen molar-refractivity contribution in [1.29, 1.82) is 0 Å². The highest BCUT2D eigenvalue weighted by molar-refractivity contribution is 6.11. The zero-order chi connectivity index (χ0) is 36.2. The average Bonchev–Trinajstić information content (AvgIpc) is 3.92. The van der Waals surface area contributed by atoms with Crippen LogP contribution in [0.1, 0.15) is 140 Å². The molecule has 8 bridgehead atoms. The van der Waals surface area contributed by atoms with Gasteiger partial charge in [0.15, 0.2) is 0 Å². The molecule has 3 aromatic carbocycles. The van der Waals surface area contributed by atoms with E-state index in [2.05, 4.69) is 136 Å². The number of benzene rings is 3. The second-order valence-electron chi connectivity index (χ2n) is 20.4. The molecule has 0 aliphatic heterocycles. The van der Waals surface area contributed by atoms with E-state index in [1.165, 1.54) is 44.8 Å². The summed E-state index contributed by atoms with van der Waals surface area (Å²) in [6.45, 7) is 15.7. The van der Waals surface area contributed by atoms with E-state index >= 15 is 0 Å². The molecule has 266 valence electrons. The Morgan fingerprint density at radius 3 is 2.16 bits per heavy atom. The molecule has 2 heteroatoms. The summed E-state index contributed by atoms with van der Waals surface area (Å²) in [4.78, 5) is 0. The summed E-state index contributed by atoms with van der Waals surface area (Å²) in [5, 5.41) is 1.40. The van der Waals surface area contributed by atoms with E-state index < -0.39 is 0 Å². The second-order valence-corrected chi connectivity index (χ2v) is 20.4. The van der Waals surface area contributed by atoms with Gasteiger partial charge in [-0.1, -0.05) is 90.1 Å². The first-order valence-electron chi connectivity index (χ1n) is 21.5. The number of fused-ring (bicyclic) bond motifs is 10. The Bertz CT molecular complexity index is 3110. The number of aromatic nitrogens is 2. The minimum atomic E-state index is 0.0190. The summed E-state index contributed by atoms with van der Waals surface area (Å²) in [5.74, 6) is 2.34. The molecule has 0 N–H and O–H groups in total. The lowest BCUT2D eigenvalue weighted by Gasteiger charge is -2.95. The fraction of sp³-hybridized carbons (Fsp3) is 0.358.